The summed E-state index contributed by atoms with van der Waals surface area (Å²) in [6, 6.07) is 8.86. The first-order valence-corrected chi connectivity index (χ1v) is 10.5. The van der Waals surface area contributed by atoms with E-state index in [-0.39, 0.29) is 17.4 Å². The van der Waals surface area contributed by atoms with Gasteiger partial charge in [0.25, 0.3) is 5.56 Å². The van der Waals surface area contributed by atoms with Gasteiger partial charge in [-0.2, -0.15) is 4.52 Å². The molecule has 0 radical (unpaired) electrons. The van der Waals surface area contributed by atoms with Gasteiger partial charge in [-0.15, -0.1) is 5.10 Å². The lowest BCUT2D eigenvalue weighted by atomic mass is 9.97. The fourth-order valence-corrected chi connectivity index (χ4v) is 4.44. The van der Waals surface area contributed by atoms with Crippen molar-refractivity contribution >= 4 is 33.0 Å². The molecule has 1 N–H and O–H groups in total. The highest BCUT2D eigenvalue weighted by Crippen LogP contribution is 2.27. The predicted molar refractivity (Wildman–Crippen MR) is 113 cm³/mol. The predicted octanol–water partition coefficient (Wildman–Crippen LogP) is 2.71. The van der Waals surface area contributed by atoms with Gasteiger partial charge >= 0.3 is 0 Å². The van der Waals surface area contributed by atoms with Gasteiger partial charge in [-0.05, 0) is 51.0 Å². The van der Waals surface area contributed by atoms with Crippen molar-refractivity contribution in [3.05, 3.63) is 46.4 Å². The maximum absolute atomic E-state index is 12.8. The summed E-state index contributed by atoms with van der Waals surface area (Å²) in [4.78, 5) is 31.9. The number of nitrogens with one attached hydrogen (secondary N) is 1. The van der Waals surface area contributed by atoms with Crippen LogP contribution in [0.4, 0.5) is 10.8 Å². The summed E-state index contributed by atoms with van der Waals surface area (Å²) in [5, 5.41) is 8.13. The number of hydrogen-bond acceptors (Lipinski definition) is 7. The number of carbonyl (C=O) groups is 1. The number of benzene rings is 1. The van der Waals surface area contributed by atoms with Gasteiger partial charge in [-0.3, -0.25) is 9.59 Å². The van der Waals surface area contributed by atoms with Crippen molar-refractivity contribution < 1.29 is 9.53 Å². The van der Waals surface area contributed by atoms with Gasteiger partial charge in [0.2, 0.25) is 16.0 Å². The van der Waals surface area contributed by atoms with Crippen LogP contribution in [0.3, 0.4) is 0 Å². The summed E-state index contributed by atoms with van der Waals surface area (Å²) < 4.78 is 6.76. The summed E-state index contributed by atoms with van der Waals surface area (Å²) in [5.74, 6) is 0.629. The van der Waals surface area contributed by atoms with Crippen LogP contribution in [0, 0.1) is 12.8 Å². The number of fused-ring (bicyclic) bond motifs is 1. The minimum absolute atomic E-state index is 0.00823. The Labute approximate surface area is 172 Å². The van der Waals surface area contributed by atoms with Crippen molar-refractivity contribution in [2.75, 3.05) is 29.9 Å². The van der Waals surface area contributed by atoms with Crippen molar-refractivity contribution in [3.63, 3.8) is 0 Å². The molecule has 1 aliphatic heterocycles. The molecule has 0 saturated carbocycles. The van der Waals surface area contributed by atoms with Crippen molar-refractivity contribution in [1.82, 2.24) is 14.6 Å². The third-order valence-electron chi connectivity index (χ3n) is 4.86. The summed E-state index contributed by atoms with van der Waals surface area (Å²) in [5.41, 5.74) is 1.25. The maximum Gasteiger partial charge on any atom is 0.275 e. The van der Waals surface area contributed by atoms with Crippen LogP contribution in [0.25, 0.3) is 4.96 Å². The minimum atomic E-state index is -0.184. The summed E-state index contributed by atoms with van der Waals surface area (Å²) in [6.45, 7) is 5.71. The van der Waals surface area contributed by atoms with E-state index in [1.54, 1.807) is 6.92 Å². The largest absolute Gasteiger partial charge is 0.494 e. The molecule has 1 aromatic carbocycles. The first-order chi connectivity index (χ1) is 14.0. The molecule has 4 rings (SSSR count). The highest BCUT2D eigenvalue weighted by molar-refractivity contribution is 7.20. The van der Waals surface area contributed by atoms with Gasteiger partial charge in [0.05, 0.1) is 12.5 Å². The standard InChI is InChI=1S/C20H23N5O3S/c1-3-28-16-8-6-15(7-9-16)22-18(27)14-5-4-10-24(12-14)20-23-25-17(26)11-13(2)21-19(25)29-20/h6-9,11,14H,3-5,10,12H2,1-2H3,(H,22,27)/t14-/m0/s1. The van der Waals surface area contributed by atoms with E-state index < -0.39 is 0 Å². The Morgan fingerprint density at radius 3 is 2.90 bits per heavy atom. The molecule has 0 spiro atoms. The Morgan fingerprint density at radius 1 is 1.34 bits per heavy atom. The molecule has 0 bridgehead atoms. The van der Waals surface area contributed by atoms with Crippen LogP contribution < -0.4 is 20.5 Å². The fourth-order valence-electron chi connectivity index (χ4n) is 3.45. The van der Waals surface area contributed by atoms with Crippen LogP contribution in [-0.4, -0.2) is 40.2 Å². The minimum Gasteiger partial charge on any atom is -0.494 e. The zero-order valence-corrected chi connectivity index (χ0v) is 17.2. The highest BCUT2D eigenvalue weighted by atomic mass is 32.1. The zero-order chi connectivity index (χ0) is 20.4. The summed E-state index contributed by atoms with van der Waals surface area (Å²) in [6.07, 6.45) is 1.71. The van der Waals surface area contributed by atoms with E-state index in [2.05, 4.69) is 20.3 Å². The van der Waals surface area contributed by atoms with Gasteiger partial charge in [0.1, 0.15) is 5.75 Å². The Balaban J connectivity index is 1.45. The normalized spacial score (nSPS) is 16.8. The van der Waals surface area contributed by atoms with Crippen LogP contribution in [0.5, 0.6) is 5.75 Å². The van der Waals surface area contributed by atoms with Crippen molar-refractivity contribution in [2.45, 2.75) is 26.7 Å². The lowest BCUT2D eigenvalue weighted by Crippen LogP contribution is -2.40. The van der Waals surface area contributed by atoms with Gasteiger partial charge in [0.15, 0.2) is 0 Å². The smallest absolute Gasteiger partial charge is 0.275 e. The Kier molecular flexibility index (Phi) is 5.48. The molecule has 1 saturated heterocycles. The molecule has 0 aliphatic carbocycles. The molecule has 1 fully saturated rings. The second-order valence-electron chi connectivity index (χ2n) is 7.05. The molecule has 8 nitrogen and oxygen atoms in total. The summed E-state index contributed by atoms with van der Waals surface area (Å²) >= 11 is 1.38. The van der Waals surface area contributed by atoms with Gasteiger partial charge in [-0.25, -0.2) is 4.98 Å². The average molecular weight is 414 g/mol. The Hall–Kier alpha value is -2.94. The fraction of sp³-hybridized carbons (Fsp3) is 0.400. The quantitative estimate of drug-likeness (QED) is 0.692. The molecular weight excluding hydrogens is 390 g/mol. The zero-order valence-electron chi connectivity index (χ0n) is 16.4. The number of aromatic nitrogens is 3. The molecule has 3 heterocycles. The second-order valence-corrected chi connectivity index (χ2v) is 7.98. The van der Waals surface area contributed by atoms with E-state index in [9.17, 15) is 9.59 Å². The third kappa shape index (κ3) is 4.24. The molecule has 9 heteroatoms. The van der Waals surface area contributed by atoms with Gasteiger partial charge < -0.3 is 15.0 Å². The Morgan fingerprint density at radius 2 is 2.14 bits per heavy atom. The van der Waals surface area contributed by atoms with Crippen LogP contribution in [0.2, 0.25) is 0 Å². The summed E-state index contributed by atoms with van der Waals surface area (Å²) in [7, 11) is 0. The lowest BCUT2D eigenvalue weighted by Gasteiger charge is -2.31. The van der Waals surface area contributed by atoms with Crippen molar-refractivity contribution in [3.8, 4) is 5.75 Å². The SMILES string of the molecule is CCOc1ccc(NC(=O)[C@H]2CCCN(c3nn4c(=O)cc(C)nc4s3)C2)cc1. The van der Waals surface area contributed by atoms with Crippen LogP contribution >= 0.6 is 11.3 Å². The number of nitrogens with zero attached hydrogens (tertiary/aromatic N) is 4. The topological polar surface area (TPSA) is 88.8 Å². The Bertz CT molecular complexity index is 1080. The van der Waals surface area contributed by atoms with E-state index in [1.807, 2.05) is 31.2 Å². The number of rotatable bonds is 5. The lowest BCUT2D eigenvalue weighted by molar-refractivity contribution is -0.120. The van der Waals surface area contributed by atoms with Gasteiger partial charge in [-0.1, -0.05) is 11.3 Å². The number of ether oxygens (including phenoxy) is 1. The number of aryl methyl sites for hydroxylation is 1. The van der Waals surface area contributed by atoms with E-state index in [1.165, 1.54) is 21.9 Å². The molecule has 3 aromatic rings. The maximum atomic E-state index is 12.8. The van der Waals surface area contributed by atoms with Crippen molar-refractivity contribution in [2.24, 2.45) is 5.92 Å². The number of anilines is 2. The molecule has 0 unspecified atom stereocenters. The number of amides is 1. The number of piperidine rings is 1. The molecular formula is C20H23N5O3S. The first kappa shape index (κ1) is 19.4. The molecule has 29 heavy (non-hydrogen) atoms. The average Bonchev–Trinajstić information content (AvgIpc) is 3.14. The molecule has 152 valence electrons. The van der Waals surface area contributed by atoms with E-state index in [0.717, 1.165) is 36.0 Å². The number of hydrogen-bond donors (Lipinski definition) is 1. The monoisotopic (exact) mass is 413 g/mol. The first-order valence-electron chi connectivity index (χ1n) is 9.69. The van der Waals surface area contributed by atoms with E-state index in [0.29, 0.717) is 23.8 Å². The van der Waals surface area contributed by atoms with Crippen LogP contribution in [-0.2, 0) is 4.79 Å². The van der Waals surface area contributed by atoms with Crippen LogP contribution in [0.15, 0.2) is 35.1 Å². The highest BCUT2D eigenvalue weighted by Gasteiger charge is 2.28. The van der Waals surface area contributed by atoms with E-state index in [4.69, 9.17) is 4.74 Å². The van der Waals surface area contributed by atoms with Crippen LogP contribution in [0.1, 0.15) is 25.5 Å². The molecule has 1 amide bonds. The molecule has 2 aromatic heterocycles. The third-order valence-corrected chi connectivity index (χ3v) is 5.83. The van der Waals surface area contributed by atoms with Gasteiger partial charge in [0, 0.05) is 30.5 Å². The molecule has 1 atom stereocenters. The number of carbonyl (C=O) groups excluding carboxylic acids is 1. The van der Waals surface area contributed by atoms with E-state index >= 15 is 0 Å². The van der Waals surface area contributed by atoms with Crippen molar-refractivity contribution in [1.29, 1.82) is 0 Å². The molecule has 1 aliphatic rings. The second kappa shape index (κ2) is 8.20.